The van der Waals surface area contributed by atoms with Gasteiger partial charge < -0.3 is 9.84 Å². The first-order valence-electron chi connectivity index (χ1n) is 9.76. The number of aliphatic hydroxyl groups is 1. The smallest absolute Gasteiger partial charge is 0.130 e. The Hall–Kier alpha value is -1.91. The summed E-state index contributed by atoms with van der Waals surface area (Å²) in [5, 5.41) is 10.4. The van der Waals surface area contributed by atoms with Crippen LogP contribution in [-0.4, -0.2) is 34.2 Å². The van der Waals surface area contributed by atoms with Gasteiger partial charge in [0.2, 0.25) is 0 Å². The Morgan fingerprint density at radius 3 is 2.69 bits per heavy atom. The van der Waals surface area contributed by atoms with Crippen LogP contribution in [0.2, 0.25) is 0 Å². The average molecular weight is 352 g/mol. The van der Waals surface area contributed by atoms with Crippen LogP contribution in [0.3, 0.4) is 0 Å². The standard InChI is InChI=1S/C22H28N2O2/c25-21-6-3-11-22(21)12-4-14-24(17-22)15-18-7-9-20(10-8-18)26-16-19-5-1-2-13-23-19/h1-2,5,7-10,13,21,25H,3-4,6,11-12,14-17H2/t21-,22-/m1/s1. The molecule has 0 radical (unpaired) electrons. The van der Waals surface area contributed by atoms with Crippen molar-refractivity contribution in [2.45, 2.75) is 51.4 Å². The summed E-state index contributed by atoms with van der Waals surface area (Å²) in [6, 6.07) is 14.2. The van der Waals surface area contributed by atoms with E-state index < -0.39 is 0 Å². The third kappa shape index (κ3) is 3.92. The molecule has 1 aromatic carbocycles. The van der Waals surface area contributed by atoms with E-state index in [9.17, 15) is 5.11 Å². The highest BCUT2D eigenvalue weighted by molar-refractivity contribution is 5.27. The van der Waals surface area contributed by atoms with Gasteiger partial charge in [-0.15, -0.1) is 0 Å². The van der Waals surface area contributed by atoms with Crippen molar-refractivity contribution in [2.24, 2.45) is 5.41 Å². The van der Waals surface area contributed by atoms with Gasteiger partial charge in [-0.1, -0.05) is 24.6 Å². The van der Waals surface area contributed by atoms with Crippen LogP contribution in [0, 0.1) is 5.41 Å². The van der Waals surface area contributed by atoms with E-state index in [1.165, 1.54) is 31.2 Å². The molecule has 4 nitrogen and oxygen atoms in total. The SMILES string of the molecule is O[C@@H]1CCC[C@]12CCCN(Cc1ccc(OCc3ccccn3)cc1)C2. The minimum Gasteiger partial charge on any atom is -0.487 e. The molecule has 1 saturated carbocycles. The van der Waals surface area contributed by atoms with Gasteiger partial charge in [0.15, 0.2) is 0 Å². The second-order valence-electron chi connectivity index (χ2n) is 7.84. The van der Waals surface area contributed by atoms with E-state index in [1.54, 1.807) is 6.20 Å². The first-order chi connectivity index (χ1) is 12.7. The summed E-state index contributed by atoms with van der Waals surface area (Å²) in [7, 11) is 0. The lowest BCUT2D eigenvalue weighted by molar-refractivity contribution is -0.0120. The minimum atomic E-state index is -0.104. The molecule has 1 saturated heterocycles. The first kappa shape index (κ1) is 17.5. The maximum atomic E-state index is 10.4. The summed E-state index contributed by atoms with van der Waals surface area (Å²) in [5.41, 5.74) is 2.40. The summed E-state index contributed by atoms with van der Waals surface area (Å²) in [6.07, 6.45) is 7.41. The molecule has 1 spiro atoms. The molecule has 1 N–H and O–H groups in total. The number of piperidine rings is 1. The van der Waals surface area contributed by atoms with Crippen LogP contribution in [0.15, 0.2) is 48.7 Å². The summed E-state index contributed by atoms with van der Waals surface area (Å²) in [4.78, 5) is 6.79. The first-order valence-corrected chi connectivity index (χ1v) is 9.76. The third-order valence-corrected chi connectivity index (χ3v) is 5.99. The molecule has 4 heteroatoms. The van der Waals surface area contributed by atoms with Crippen molar-refractivity contribution < 1.29 is 9.84 Å². The number of hydrogen-bond acceptors (Lipinski definition) is 4. The third-order valence-electron chi connectivity index (χ3n) is 5.99. The summed E-state index contributed by atoms with van der Waals surface area (Å²) in [5.74, 6) is 0.876. The van der Waals surface area contributed by atoms with Crippen LogP contribution in [-0.2, 0) is 13.2 Å². The molecule has 2 fully saturated rings. The molecule has 1 aliphatic heterocycles. The van der Waals surface area contributed by atoms with Crippen LogP contribution in [0.4, 0.5) is 0 Å². The van der Waals surface area contributed by atoms with E-state index in [1.807, 2.05) is 30.3 Å². The fourth-order valence-corrected chi connectivity index (χ4v) is 4.58. The predicted molar refractivity (Wildman–Crippen MR) is 102 cm³/mol. The summed E-state index contributed by atoms with van der Waals surface area (Å²) < 4.78 is 5.82. The van der Waals surface area contributed by atoms with E-state index >= 15 is 0 Å². The number of aliphatic hydroxyl groups excluding tert-OH is 1. The van der Waals surface area contributed by atoms with E-state index in [0.29, 0.717) is 6.61 Å². The Morgan fingerprint density at radius 1 is 1.12 bits per heavy atom. The molecule has 2 aromatic rings. The van der Waals surface area contributed by atoms with Crippen molar-refractivity contribution in [1.82, 2.24) is 9.88 Å². The average Bonchev–Trinajstić information content (AvgIpc) is 3.01. The lowest BCUT2D eigenvalue weighted by Crippen LogP contribution is -2.46. The van der Waals surface area contributed by atoms with Crippen molar-refractivity contribution in [3.63, 3.8) is 0 Å². The summed E-state index contributed by atoms with van der Waals surface area (Å²) >= 11 is 0. The Balaban J connectivity index is 1.32. The number of pyridine rings is 1. The maximum absolute atomic E-state index is 10.4. The number of aromatic nitrogens is 1. The Labute approximate surface area is 155 Å². The lowest BCUT2D eigenvalue weighted by atomic mass is 9.76. The molecule has 2 aliphatic rings. The molecule has 1 aromatic heterocycles. The maximum Gasteiger partial charge on any atom is 0.130 e. The van der Waals surface area contributed by atoms with Crippen LogP contribution < -0.4 is 4.74 Å². The zero-order valence-electron chi connectivity index (χ0n) is 15.3. The van der Waals surface area contributed by atoms with Gasteiger partial charge in [0.25, 0.3) is 0 Å². The number of nitrogens with zero attached hydrogens (tertiary/aromatic N) is 2. The van der Waals surface area contributed by atoms with Crippen molar-refractivity contribution in [3.8, 4) is 5.75 Å². The molecule has 0 amide bonds. The van der Waals surface area contributed by atoms with Gasteiger partial charge in [-0.2, -0.15) is 0 Å². The Kier molecular flexibility index (Phi) is 5.23. The number of hydrogen-bond donors (Lipinski definition) is 1. The highest BCUT2D eigenvalue weighted by atomic mass is 16.5. The predicted octanol–water partition coefficient (Wildman–Crippen LogP) is 3.79. The Morgan fingerprint density at radius 2 is 1.96 bits per heavy atom. The second-order valence-corrected chi connectivity index (χ2v) is 7.84. The fourth-order valence-electron chi connectivity index (χ4n) is 4.58. The topological polar surface area (TPSA) is 45.6 Å². The van der Waals surface area contributed by atoms with Gasteiger partial charge in [0.1, 0.15) is 12.4 Å². The van der Waals surface area contributed by atoms with Crippen LogP contribution >= 0.6 is 0 Å². The lowest BCUT2D eigenvalue weighted by Gasteiger charge is -2.42. The molecular formula is C22H28N2O2. The van der Waals surface area contributed by atoms with Crippen molar-refractivity contribution in [1.29, 1.82) is 0 Å². The minimum absolute atomic E-state index is 0.104. The van der Waals surface area contributed by atoms with E-state index in [2.05, 4.69) is 22.0 Å². The van der Waals surface area contributed by atoms with Gasteiger partial charge in [-0.25, -0.2) is 0 Å². The van der Waals surface area contributed by atoms with Crippen LogP contribution in [0.5, 0.6) is 5.75 Å². The molecule has 2 heterocycles. The van der Waals surface area contributed by atoms with Gasteiger partial charge in [0.05, 0.1) is 11.8 Å². The number of benzene rings is 1. The van der Waals surface area contributed by atoms with E-state index in [0.717, 1.165) is 37.5 Å². The molecule has 138 valence electrons. The monoisotopic (exact) mass is 352 g/mol. The normalized spacial score (nSPS) is 26.3. The van der Waals surface area contributed by atoms with Gasteiger partial charge >= 0.3 is 0 Å². The summed E-state index contributed by atoms with van der Waals surface area (Å²) in [6.45, 7) is 3.61. The molecule has 4 rings (SSSR count). The van der Waals surface area contributed by atoms with Crippen LogP contribution in [0.25, 0.3) is 0 Å². The zero-order valence-corrected chi connectivity index (χ0v) is 15.3. The molecule has 0 unspecified atom stereocenters. The van der Waals surface area contributed by atoms with Gasteiger partial charge in [0, 0.05) is 24.7 Å². The van der Waals surface area contributed by atoms with Crippen molar-refractivity contribution in [3.05, 3.63) is 59.9 Å². The van der Waals surface area contributed by atoms with Crippen LogP contribution in [0.1, 0.15) is 43.4 Å². The number of ether oxygens (including phenoxy) is 1. The zero-order chi connectivity index (χ0) is 17.8. The highest BCUT2D eigenvalue weighted by Crippen LogP contribution is 2.45. The van der Waals surface area contributed by atoms with Gasteiger partial charge in [-0.05, 0) is 62.1 Å². The highest BCUT2D eigenvalue weighted by Gasteiger charge is 2.44. The van der Waals surface area contributed by atoms with E-state index in [4.69, 9.17) is 4.74 Å². The van der Waals surface area contributed by atoms with Crippen molar-refractivity contribution >= 4 is 0 Å². The van der Waals surface area contributed by atoms with E-state index in [-0.39, 0.29) is 11.5 Å². The second kappa shape index (κ2) is 7.77. The fraction of sp³-hybridized carbons (Fsp3) is 0.500. The van der Waals surface area contributed by atoms with Crippen molar-refractivity contribution in [2.75, 3.05) is 13.1 Å². The molecule has 2 atom stereocenters. The largest absolute Gasteiger partial charge is 0.487 e. The van der Waals surface area contributed by atoms with Gasteiger partial charge in [-0.3, -0.25) is 9.88 Å². The molecular weight excluding hydrogens is 324 g/mol. The Bertz CT molecular complexity index is 704. The molecule has 1 aliphatic carbocycles. The molecule has 0 bridgehead atoms. The number of likely N-dealkylation sites (tertiary alicyclic amines) is 1. The quantitative estimate of drug-likeness (QED) is 0.889. The molecule has 26 heavy (non-hydrogen) atoms. The number of rotatable bonds is 5.